The van der Waals surface area contributed by atoms with Crippen molar-refractivity contribution >= 4 is 35.2 Å². The van der Waals surface area contributed by atoms with Gasteiger partial charge in [-0.05, 0) is 30.7 Å². The third-order valence-corrected chi connectivity index (χ3v) is 5.95. The molecule has 1 aliphatic heterocycles. The van der Waals surface area contributed by atoms with Crippen molar-refractivity contribution in [2.75, 3.05) is 32.6 Å². The Kier molecular flexibility index (Phi) is 7.10. The average Bonchev–Trinajstić information content (AvgIpc) is 3.21. The smallest absolute Gasteiger partial charge is 0.256 e. The van der Waals surface area contributed by atoms with Gasteiger partial charge in [0.2, 0.25) is 16.9 Å². The molecular weight excluding hydrogens is 434 g/mol. The maximum atomic E-state index is 12.6. The van der Waals surface area contributed by atoms with Gasteiger partial charge < -0.3 is 14.4 Å². The number of ether oxygens (including phenoxy) is 2. The van der Waals surface area contributed by atoms with Gasteiger partial charge >= 0.3 is 0 Å². The van der Waals surface area contributed by atoms with Gasteiger partial charge in [-0.2, -0.15) is 9.50 Å². The van der Waals surface area contributed by atoms with Crippen LogP contribution in [-0.2, 0) is 9.53 Å². The molecule has 1 saturated heterocycles. The first-order valence-corrected chi connectivity index (χ1v) is 11.9. The van der Waals surface area contributed by atoms with Gasteiger partial charge in [-0.3, -0.25) is 4.79 Å². The summed E-state index contributed by atoms with van der Waals surface area (Å²) in [5.74, 6) is 1.03. The molecule has 0 bridgehead atoms. The van der Waals surface area contributed by atoms with Gasteiger partial charge in [-0.1, -0.05) is 41.7 Å². The number of hydrogen-bond acceptors (Lipinski definition) is 8. The van der Waals surface area contributed by atoms with Crippen LogP contribution in [0.1, 0.15) is 5.69 Å². The lowest BCUT2D eigenvalue weighted by Crippen LogP contribution is -2.47. The Labute approximate surface area is 189 Å². The topological polar surface area (TPSA) is 81.9 Å². The molecule has 1 aromatic carbocycles. The average molecular weight is 458 g/mol. The van der Waals surface area contributed by atoms with E-state index < -0.39 is 0 Å². The van der Waals surface area contributed by atoms with Crippen molar-refractivity contribution in [3.63, 3.8) is 0 Å². The first-order valence-electron chi connectivity index (χ1n) is 9.82. The fourth-order valence-corrected chi connectivity index (χ4v) is 4.09. The monoisotopic (exact) mass is 457 g/mol. The van der Waals surface area contributed by atoms with E-state index in [1.54, 1.807) is 15.5 Å². The fourth-order valence-electron chi connectivity index (χ4n) is 3.10. The molecule has 8 nitrogen and oxygen atoms in total. The van der Waals surface area contributed by atoms with E-state index in [4.69, 9.17) is 9.47 Å². The highest BCUT2D eigenvalue weighted by atomic mass is 32.2. The number of thioether (sulfide) groups is 2. The van der Waals surface area contributed by atoms with Crippen LogP contribution in [0.4, 0.5) is 0 Å². The first kappa shape index (κ1) is 21.7. The van der Waals surface area contributed by atoms with Crippen LogP contribution in [0, 0.1) is 6.92 Å². The molecule has 0 saturated carbocycles. The molecule has 0 spiro atoms. The second kappa shape index (κ2) is 10.2. The van der Waals surface area contributed by atoms with Crippen LogP contribution in [0.5, 0.6) is 5.88 Å². The Balaban J connectivity index is 1.34. The summed E-state index contributed by atoms with van der Waals surface area (Å²) in [4.78, 5) is 24.2. The summed E-state index contributed by atoms with van der Waals surface area (Å²) in [5, 5.41) is 6.86. The molecular formula is C21H23N5O3S2. The molecule has 0 radical (unpaired) electrons. The summed E-state index contributed by atoms with van der Waals surface area (Å²) in [6.07, 6.45) is 3.30. The van der Waals surface area contributed by atoms with Gasteiger partial charge in [-0.15, -0.1) is 5.10 Å². The number of fused-ring (bicyclic) bond motifs is 1. The van der Waals surface area contributed by atoms with Gasteiger partial charge in [0, 0.05) is 29.3 Å². The molecule has 4 rings (SSSR count). The number of rotatable bonds is 7. The standard InChI is InChI=1S/C21H23N5O3S2/c1-15-12-19(26-20(22-15)23-21(24-26)30-2)29-14-16-13-25(9-10-28-16)18(27)8-11-31-17-6-4-3-5-7-17/h3-8,11-12,16H,9-10,13-14H2,1-2H3/b11-8+. The second-order valence-corrected chi connectivity index (χ2v) is 8.62. The molecule has 0 N–H and O–H groups in total. The van der Waals surface area contributed by atoms with Crippen LogP contribution in [0.15, 0.2) is 57.9 Å². The van der Waals surface area contributed by atoms with Gasteiger partial charge in [0.05, 0.1) is 13.2 Å². The molecule has 1 amide bonds. The van der Waals surface area contributed by atoms with Crippen molar-refractivity contribution < 1.29 is 14.3 Å². The maximum Gasteiger partial charge on any atom is 0.256 e. The van der Waals surface area contributed by atoms with Crippen LogP contribution < -0.4 is 4.74 Å². The van der Waals surface area contributed by atoms with Gasteiger partial charge in [-0.25, -0.2) is 4.98 Å². The summed E-state index contributed by atoms with van der Waals surface area (Å²) in [6.45, 7) is 3.70. The Morgan fingerprint density at radius 1 is 1.32 bits per heavy atom. The Morgan fingerprint density at radius 3 is 2.97 bits per heavy atom. The molecule has 2 aromatic heterocycles. The normalized spacial score (nSPS) is 16.8. The van der Waals surface area contributed by atoms with E-state index in [-0.39, 0.29) is 12.0 Å². The van der Waals surface area contributed by atoms with Crippen molar-refractivity contribution in [3.8, 4) is 5.88 Å². The van der Waals surface area contributed by atoms with Crippen LogP contribution in [0.25, 0.3) is 5.78 Å². The lowest BCUT2D eigenvalue weighted by atomic mass is 10.3. The third-order valence-electron chi connectivity index (χ3n) is 4.60. The van der Waals surface area contributed by atoms with E-state index in [9.17, 15) is 4.79 Å². The van der Waals surface area contributed by atoms with Crippen LogP contribution >= 0.6 is 23.5 Å². The molecule has 1 fully saturated rings. The number of carbonyl (C=O) groups is 1. The molecule has 10 heteroatoms. The summed E-state index contributed by atoms with van der Waals surface area (Å²) in [5.41, 5.74) is 0.796. The highest BCUT2D eigenvalue weighted by Gasteiger charge is 2.24. The van der Waals surface area contributed by atoms with Crippen molar-refractivity contribution in [3.05, 3.63) is 53.6 Å². The Bertz CT molecular complexity index is 1070. The summed E-state index contributed by atoms with van der Waals surface area (Å²) in [7, 11) is 0. The van der Waals surface area contributed by atoms with Crippen molar-refractivity contribution in [2.24, 2.45) is 0 Å². The molecule has 1 aliphatic rings. The molecule has 3 heterocycles. The van der Waals surface area contributed by atoms with E-state index in [2.05, 4.69) is 15.1 Å². The van der Waals surface area contributed by atoms with E-state index in [1.807, 2.05) is 55.0 Å². The maximum absolute atomic E-state index is 12.6. The molecule has 1 unspecified atom stereocenters. The fraction of sp³-hybridized carbons (Fsp3) is 0.333. The third kappa shape index (κ3) is 5.57. The number of hydrogen-bond donors (Lipinski definition) is 0. The number of aromatic nitrogens is 4. The number of aryl methyl sites for hydroxylation is 1. The van der Waals surface area contributed by atoms with E-state index in [0.29, 0.717) is 43.1 Å². The minimum absolute atomic E-state index is 0.0280. The zero-order valence-corrected chi connectivity index (χ0v) is 18.9. The van der Waals surface area contributed by atoms with E-state index in [1.165, 1.54) is 23.5 Å². The number of carbonyl (C=O) groups excluding carboxylic acids is 1. The second-order valence-electron chi connectivity index (χ2n) is 6.87. The zero-order chi connectivity index (χ0) is 21.6. The van der Waals surface area contributed by atoms with Crippen molar-refractivity contribution in [2.45, 2.75) is 23.1 Å². The van der Waals surface area contributed by atoms with Gasteiger partial charge in [0.15, 0.2) is 0 Å². The quantitative estimate of drug-likeness (QED) is 0.396. The molecule has 3 aromatic rings. The van der Waals surface area contributed by atoms with E-state index in [0.717, 1.165) is 10.6 Å². The zero-order valence-electron chi connectivity index (χ0n) is 17.3. The number of amides is 1. The molecule has 1 atom stereocenters. The van der Waals surface area contributed by atoms with Crippen molar-refractivity contribution in [1.82, 2.24) is 24.5 Å². The SMILES string of the molecule is CSc1nc2nc(C)cc(OCC3CN(C(=O)/C=C/Sc4ccccc4)CCO3)n2n1. The predicted molar refractivity (Wildman–Crippen MR) is 121 cm³/mol. The highest BCUT2D eigenvalue weighted by molar-refractivity contribution is 8.02. The molecule has 0 aliphatic carbocycles. The lowest BCUT2D eigenvalue weighted by molar-refractivity contribution is -0.134. The van der Waals surface area contributed by atoms with Crippen LogP contribution in [-0.4, -0.2) is 69.1 Å². The predicted octanol–water partition coefficient (Wildman–Crippen LogP) is 3.07. The highest BCUT2D eigenvalue weighted by Crippen LogP contribution is 2.20. The van der Waals surface area contributed by atoms with Crippen molar-refractivity contribution in [1.29, 1.82) is 0 Å². The minimum Gasteiger partial charge on any atom is -0.475 e. The number of nitrogens with zero attached hydrogens (tertiary/aromatic N) is 5. The largest absolute Gasteiger partial charge is 0.475 e. The first-order chi connectivity index (χ1) is 15.1. The summed E-state index contributed by atoms with van der Waals surface area (Å²) >= 11 is 2.97. The Hall–Kier alpha value is -2.56. The molecule has 31 heavy (non-hydrogen) atoms. The van der Waals surface area contributed by atoms with Crippen LogP contribution in [0.2, 0.25) is 0 Å². The number of benzene rings is 1. The minimum atomic E-state index is -0.222. The lowest BCUT2D eigenvalue weighted by Gasteiger charge is -2.32. The van der Waals surface area contributed by atoms with Crippen LogP contribution in [0.3, 0.4) is 0 Å². The summed E-state index contributed by atoms with van der Waals surface area (Å²) < 4.78 is 13.4. The molecule has 162 valence electrons. The summed E-state index contributed by atoms with van der Waals surface area (Å²) in [6, 6.07) is 11.8. The van der Waals surface area contributed by atoms with Gasteiger partial charge in [0.1, 0.15) is 12.7 Å². The van der Waals surface area contributed by atoms with E-state index >= 15 is 0 Å². The van der Waals surface area contributed by atoms with Gasteiger partial charge in [0.25, 0.3) is 5.78 Å². The number of morpholine rings is 1. The Morgan fingerprint density at radius 2 is 2.16 bits per heavy atom.